The van der Waals surface area contributed by atoms with Crippen LogP contribution in [0.4, 0.5) is 5.95 Å². The SMILES string of the molecule is O=C1C[C@@H]2[C@@H](CCN2c2ncccn2)N1. The van der Waals surface area contributed by atoms with E-state index in [9.17, 15) is 4.79 Å². The number of aromatic nitrogens is 2. The molecule has 5 nitrogen and oxygen atoms in total. The Bertz CT molecular complexity index is 380. The summed E-state index contributed by atoms with van der Waals surface area (Å²) in [6.45, 7) is 0.930. The molecule has 1 aromatic heterocycles. The third-order valence-corrected chi connectivity index (χ3v) is 3.10. The van der Waals surface area contributed by atoms with E-state index in [4.69, 9.17) is 0 Å². The van der Waals surface area contributed by atoms with Crippen molar-refractivity contribution in [2.24, 2.45) is 0 Å². The zero-order valence-electron chi connectivity index (χ0n) is 8.26. The van der Waals surface area contributed by atoms with Gasteiger partial charge in [0.05, 0.1) is 12.1 Å². The zero-order chi connectivity index (χ0) is 10.3. The highest BCUT2D eigenvalue weighted by Gasteiger charge is 2.42. The van der Waals surface area contributed by atoms with E-state index in [1.54, 1.807) is 18.5 Å². The van der Waals surface area contributed by atoms with Gasteiger partial charge < -0.3 is 10.2 Å². The second kappa shape index (κ2) is 3.18. The van der Waals surface area contributed by atoms with Gasteiger partial charge >= 0.3 is 0 Å². The lowest BCUT2D eigenvalue weighted by Crippen LogP contribution is -2.35. The molecule has 3 heterocycles. The standard InChI is InChI=1S/C10H12N4O/c15-9-6-8-7(13-9)2-5-14(8)10-11-3-1-4-12-10/h1,3-4,7-8H,2,5-6H2,(H,13,15)/t7-,8-/m1/s1. The average Bonchev–Trinajstić information content (AvgIpc) is 2.77. The fourth-order valence-corrected chi connectivity index (χ4v) is 2.42. The minimum Gasteiger partial charge on any atom is -0.351 e. The van der Waals surface area contributed by atoms with E-state index < -0.39 is 0 Å². The summed E-state index contributed by atoms with van der Waals surface area (Å²) in [5, 5.41) is 2.98. The molecule has 2 saturated heterocycles. The molecule has 0 spiro atoms. The predicted molar refractivity (Wildman–Crippen MR) is 54.3 cm³/mol. The first-order chi connectivity index (χ1) is 7.34. The minimum atomic E-state index is 0.144. The van der Waals surface area contributed by atoms with Crippen LogP contribution in [-0.2, 0) is 4.79 Å². The summed E-state index contributed by atoms with van der Waals surface area (Å²) in [6, 6.07) is 2.34. The van der Waals surface area contributed by atoms with Gasteiger partial charge in [-0.05, 0) is 12.5 Å². The number of carbonyl (C=O) groups is 1. The van der Waals surface area contributed by atoms with Crippen LogP contribution in [-0.4, -0.2) is 34.5 Å². The van der Waals surface area contributed by atoms with Crippen molar-refractivity contribution >= 4 is 11.9 Å². The van der Waals surface area contributed by atoms with E-state index in [1.807, 2.05) is 0 Å². The number of anilines is 1. The molecule has 0 aliphatic carbocycles. The first kappa shape index (κ1) is 8.64. The molecule has 0 unspecified atom stereocenters. The highest BCUT2D eigenvalue weighted by atomic mass is 16.2. The maximum absolute atomic E-state index is 11.3. The highest BCUT2D eigenvalue weighted by molar-refractivity contribution is 5.81. The Morgan fingerprint density at radius 2 is 2.20 bits per heavy atom. The highest BCUT2D eigenvalue weighted by Crippen LogP contribution is 2.28. The molecule has 0 aromatic carbocycles. The van der Waals surface area contributed by atoms with Crippen molar-refractivity contribution in [1.82, 2.24) is 15.3 Å². The second-order valence-corrected chi connectivity index (χ2v) is 3.98. The van der Waals surface area contributed by atoms with Crippen LogP contribution in [0.5, 0.6) is 0 Å². The number of nitrogens with one attached hydrogen (secondary N) is 1. The molecular formula is C10H12N4O. The Morgan fingerprint density at radius 1 is 1.40 bits per heavy atom. The average molecular weight is 204 g/mol. The first-order valence-electron chi connectivity index (χ1n) is 5.17. The van der Waals surface area contributed by atoms with Gasteiger partial charge in [0.1, 0.15) is 0 Å². The van der Waals surface area contributed by atoms with Crippen LogP contribution in [0.2, 0.25) is 0 Å². The molecule has 2 aliphatic heterocycles. The molecule has 2 atom stereocenters. The van der Waals surface area contributed by atoms with Crippen LogP contribution in [0, 0.1) is 0 Å². The van der Waals surface area contributed by atoms with Crippen LogP contribution in [0.3, 0.4) is 0 Å². The van der Waals surface area contributed by atoms with Gasteiger partial charge in [0, 0.05) is 25.4 Å². The van der Waals surface area contributed by atoms with Crippen molar-refractivity contribution in [3.05, 3.63) is 18.5 Å². The van der Waals surface area contributed by atoms with E-state index in [-0.39, 0.29) is 11.9 Å². The summed E-state index contributed by atoms with van der Waals surface area (Å²) in [5.74, 6) is 0.882. The number of fused-ring (bicyclic) bond motifs is 1. The van der Waals surface area contributed by atoms with Gasteiger partial charge in [-0.2, -0.15) is 0 Å². The van der Waals surface area contributed by atoms with Crippen molar-refractivity contribution in [2.75, 3.05) is 11.4 Å². The molecule has 0 radical (unpaired) electrons. The number of amides is 1. The van der Waals surface area contributed by atoms with Crippen molar-refractivity contribution in [3.8, 4) is 0 Å². The first-order valence-corrected chi connectivity index (χ1v) is 5.17. The third-order valence-electron chi connectivity index (χ3n) is 3.10. The van der Waals surface area contributed by atoms with Crippen LogP contribution in [0.15, 0.2) is 18.5 Å². The summed E-state index contributed by atoms with van der Waals surface area (Å²) >= 11 is 0. The molecule has 5 heteroatoms. The Hall–Kier alpha value is -1.65. The van der Waals surface area contributed by atoms with Crippen LogP contribution in [0.1, 0.15) is 12.8 Å². The van der Waals surface area contributed by atoms with Gasteiger partial charge in [-0.15, -0.1) is 0 Å². The lowest BCUT2D eigenvalue weighted by molar-refractivity contribution is -0.119. The van der Waals surface area contributed by atoms with Gasteiger partial charge in [-0.25, -0.2) is 9.97 Å². The van der Waals surface area contributed by atoms with Gasteiger partial charge in [0.2, 0.25) is 11.9 Å². The summed E-state index contributed by atoms with van der Waals surface area (Å²) in [7, 11) is 0. The monoisotopic (exact) mass is 204 g/mol. The van der Waals surface area contributed by atoms with E-state index in [1.165, 1.54) is 0 Å². The summed E-state index contributed by atoms with van der Waals surface area (Å²) < 4.78 is 0. The fraction of sp³-hybridized carbons (Fsp3) is 0.500. The molecule has 0 bridgehead atoms. The molecular weight excluding hydrogens is 192 g/mol. The Kier molecular flexibility index (Phi) is 1.83. The Labute approximate surface area is 87.5 Å². The quantitative estimate of drug-likeness (QED) is 0.696. The third kappa shape index (κ3) is 1.35. The topological polar surface area (TPSA) is 58.1 Å². The van der Waals surface area contributed by atoms with Crippen LogP contribution in [0.25, 0.3) is 0 Å². The number of carbonyl (C=O) groups excluding carboxylic acids is 1. The zero-order valence-corrected chi connectivity index (χ0v) is 8.26. The minimum absolute atomic E-state index is 0.144. The summed E-state index contributed by atoms with van der Waals surface area (Å²) in [6.07, 6.45) is 5.04. The Balaban J connectivity index is 1.87. The van der Waals surface area contributed by atoms with E-state index in [0.29, 0.717) is 12.5 Å². The maximum Gasteiger partial charge on any atom is 0.225 e. The van der Waals surface area contributed by atoms with Gasteiger partial charge in [0.15, 0.2) is 0 Å². The molecule has 1 N–H and O–H groups in total. The van der Waals surface area contributed by atoms with Gasteiger partial charge in [0.25, 0.3) is 0 Å². The second-order valence-electron chi connectivity index (χ2n) is 3.98. The van der Waals surface area contributed by atoms with Gasteiger partial charge in [-0.3, -0.25) is 4.79 Å². The summed E-state index contributed by atoms with van der Waals surface area (Å²) in [4.78, 5) is 21.8. The number of hydrogen-bond donors (Lipinski definition) is 1. The van der Waals surface area contributed by atoms with E-state index in [2.05, 4.69) is 20.2 Å². The van der Waals surface area contributed by atoms with Crippen molar-refractivity contribution < 1.29 is 4.79 Å². The summed E-state index contributed by atoms with van der Waals surface area (Å²) in [5.41, 5.74) is 0. The van der Waals surface area contributed by atoms with Crippen LogP contribution < -0.4 is 10.2 Å². The molecule has 2 fully saturated rings. The van der Waals surface area contributed by atoms with E-state index in [0.717, 1.165) is 18.9 Å². The fourth-order valence-electron chi connectivity index (χ4n) is 2.42. The molecule has 1 aromatic rings. The number of hydrogen-bond acceptors (Lipinski definition) is 4. The molecule has 1 amide bonds. The molecule has 2 aliphatic rings. The number of nitrogens with zero attached hydrogens (tertiary/aromatic N) is 3. The molecule has 3 rings (SSSR count). The molecule has 78 valence electrons. The largest absolute Gasteiger partial charge is 0.351 e. The normalized spacial score (nSPS) is 29.1. The van der Waals surface area contributed by atoms with Crippen molar-refractivity contribution in [1.29, 1.82) is 0 Å². The predicted octanol–water partition coefficient (Wildman–Crippen LogP) is -0.0562. The lowest BCUT2D eigenvalue weighted by Gasteiger charge is -2.21. The lowest BCUT2D eigenvalue weighted by atomic mass is 10.1. The van der Waals surface area contributed by atoms with Crippen molar-refractivity contribution in [2.45, 2.75) is 24.9 Å². The maximum atomic E-state index is 11.3. The molecule has 15 heavy (non-hydrogen) atoms. The van der Waals surface area contributed by atoms with Crippen molar-refractivity contribution in [3.63, 3.8) is 0 Å². The van der Waals surface area contributed by atoms with Crippen LogP contribution >= 0.6 is 0 Å². The smallest absolute Gasteiger partial charge is 0.225 e. The van der Waals surface area contributed by atoms with E-state index >= 15 is 0 Å². The van der Waals surface area contributed by atoms with Gasteiger partial charge in [-0.1, -0.05) is 0 Å². The Morgan fingerprint density at radius 3 is 3.00 bits per heavy atom. The number of rotatable bonds is 1. The molecule has 0 saturated carbocycles.